The highest BCUT2D eigenvalue weighted by Crippen LogP contribution is 2.24. The number of nitrogens with zero attached hydrogens (tertiary/aromatic N) is 5. The van der Waals surface area contributed by atoms with Crippen LogP contribution in [0.3, 0.4) is 0 Å². The molecule has 3 aromatic rings. The number of hydrogen-bond donors (Lipinski definition) is 1. The van der Waals surface area contributed by atoms with Crippen molar-refractivity contribution >= 4 is 21.7 Å². The molecule has 1 saturated heterocycles. The molecule has 0 bridgehead atoms. The van der Waals surface area contributed by atoms with E-state index in [1.165, 1.54) is 12.4 Å². The van der Waals surface area contributed by atoms with Crippen molar-refractivity contribution in [3.8, 4) is 11.5 Å². The maximum absolute atomic E-state index is 12.6. The normalized spacial score (nSPS) is 17.0. The molecule has 1 fully saturated rings. The Bertz CT molecular complexity index is 1050. The fourth-order valence-corrected chi connectivity index (χ4v) is 3.79. The fraction of sp³-hybridized carbons (Fsp3) is 0.353. The Morgan fingerprint density at radius 1 is 1.21 bits per heavy atom. The highest BCUT2D eigenvalue weighted by Gasteiger charge is 2.22. The van der Waals surface area contributed by atoms with Gasteiger partial charge < -0.3 is 14.1 Å². The predicted octanol–water partition coefficient (Wildman–Crippen LogP) is 1.76. The summed E-state index contributed by atoms with van der Waals surface area (Å²) >= 11 is 0. The second kappa shape index (κ2) is 7.24. The van der Waals surface area contributed by atoms with Crippen molar-refractivity contribution in [2.45, 2.75) is 17.4 Å². The molecule has 2 aromatic heterocycles. The molecule has 28 heavy (non-hydrogen) atoms. The number of hydrogen-bond acceptors (Lipinski definition) is 8. The van der Waals surface area contributed by atoms with E-state index in [0.29, 0.717) is 36.4 Å². The third-order valence-corrected chi connectivity index (χ3v) is 5.68. The van der Waals surface area contributed by atoms with E-state index in [2.05, 4.69) is 20.0 Å². The minimum Gasteiger partial charge on any atom is -0.403 e. The highest BCUT2D eigenvalue weighted by atomic mass is 32.2. The van der Waals surface area contributed by atoms with Gasteiger partial charge in [0.15, 0.2) is 0 Å². The molecule has 1 N–H and O–H groups in total. The van der Waals surface area contributed by atoms with Crippen molar-refractivity contribution in [3.63, 3.8) is 0 Å². The molecule has 1 atom stereocenters. The largest absolute Gasteiger partial charge is 0.403 e. The van der Waals surface area contributed by atoms with Gasteiger partial charge in [-0.15, -0.1) is 5.10 Å². The average Bonchev–Trinajstić information content (AvgIpc) is 3.41. The van der Waals surface area contributed by atoms with Gasteiger partial charge in [0.1, 0.15) is 4.90 Å². The Morgan fingerprint density at radius 2 is 2.00 bits per heavy atom. The van der Waals surface area contributed by atoms with Crippen molar-refractivity contribution < 1.29 is 17.6 Å². The molecule has 0 spiro atoms. The Hall–Kier alpha value is -2.92. The molecule has 0 saturated carbocycles. The van der Waals surface area contributed by atoms with E-state index in [1.807, 2.05) is 0 Å². The number of nitrogens with one attached hydrogen (secondary N) is 1. The Labute approximate surface area is 162 Å². The zero-order chi connectivity index (χ0) is 19.7. The van der Waals surface area contributed by atoms with E-state index >= 15 is 0 Å². The molecular weight excluding hydrogens is 384 g/mol. The van der Waals surface area contributed by atoms with E-state index in [-0.39, 0.29) is 10.9 Å². The second-order valence-corrected chi connectivity index (χ2v) is 8.32. The predicted molar refractivity (Wildman–Crippen MR) is 102 cm³/mol. The van der Waals surface area contributed by atoms with Crippen LogP contribution in [-0.2, 0) is 14.8 Å². The van der Waals surface area contributed by atoms with Gasteiger partial charge in [0, 0.05) is 38.1 Å². The average molecular weight is 404 g/mol. The SMILES string of the molecule is CN(C)c1nnc(-c2ccc(NS(=O)(=O)c3cnn([C@H]4CCOC4)c3)cc2)o1. The van der Waals surface area contributed by atoms with E-state index < -0.39 is 10.0 Å². The number of ether oxygens (including phenoxy) is 1. The van der Waals surface area contributed by atoms with Gasteiger partial charge in [-0.1, -0.05) is 5.10 Å². The lowest BCUT2D eigenvalue weighted by Gasteiger charge is -2.08. The first-order valence-electron chi connectivity index (χ1n) is 8.68. The molecule has 1 aromatic carbocycles. The summed E-state index contributed by atoms with van der Waals surface area (Å²) in [5, 5.41) is 12.1. The first-order valence-corrected chi connectivity index (χ1v) is 10.2. The van der Waals surface area contributed by atoms with Crippen LogP contribution in [0.25, 0.3) is 11.5 Å². The van der Waals surface area contributed by atoms with Crippen LogP contribution in [0.2, 0.25) is 0 Å². The van der Waals surface area contributed by atoms with Crippen LogP contribution in [0.15, 0.2) is 46.0 Å². The molecule has 0 unspecified atom stereocenters. The summed E-state index contributed by atoms with van der Waals surface area (Å²) in [5.41, 5.74) is 1.12. The van der Waals surface area contributed by atoms with E-state index in [0.717, 1.165) is 6.42 Å². The number of rotatable bonds is 6. The monoisotopic (exact) mass is 404 g/mol. The number of sulfonamides is 1. The second-order valence-electron chi connectivity index (χ2n) is 6.64. The van der Waals surface area contributed by atoms with Gasteiger partial charge in [-0.05, 0) is 30.7 Å². The first kappa shape index (κ1) is 18.4. The molecule has 0 aliphatic carbocycles. The Balaban J connectivity index is 1.48. The van der Waals surface area contributed by atoms with Gasteiger partial charge in [-0.25, -0.2) is 8.42 Å². The van der Waals surface area contributed by atoms with Crippen molar-refractivity contribution in [2.24, 2.45) is 0 Å². The fourth-order valence-electron chi connectivity index (χ4n) is 2.80. The summed E-state index contributed by atoms with van der Waals surface area (Å²) in [6.45, 7) is 1.20. The smallest absolute Gasteiger partial charge is 0.317 e. The lowest BCUT2D eigenvalue weighted by atomic mass is 10.2. The quantitative estimate of drug-likeness (QED) is 0.661. The molecule has 1 aliphatic rings. The van der Waals surface area contributed by atoms with Gasteiger partial charge in [0.2, 0.25) is 5.89 Å². The summed E-state index contributed by atoms with van der Waals surface area (Å²) in [6.07, 6.45) is 3.69. The number of benzene rings is 1. The summed E-state index contributed by atoms with van der Waals surface area (Å²) < 4.78 is 40.3. The third kappa shape index (κ3) is 3.71. The topological polar surface area (TPSA) is 115 Å². The van der Waals surface area contributed by atoms with Gasteiger partial charge in [0.25, 0.3) is 10.0 Å². The minimum atomic E-state index is -3.74. The van der Waals surface area contributed by atoms with E-state index in [1.54, 1.807) is 47.9 Å². The van der Waals surface area contributed by atoms with Gasteiger partial charge in [-0.3, -0.25) is 9.40 Å². The van der Waals surface area contributed by atoms with Crippen molar-refractivity contribution in [3.05, 3.63) is 36.7 Å². The molecule has 1 aliphatic heterocycles. The van der Waals surface area contributed by atoms with Crippen molar-refractivity contribution in [2.75, 3.05) is 36.9 Å². The molecule has 3 heterocycles. The van der Waals surface area contributed by atoms with Crippen LogP contribution < -0.4 is 9.62 Å². The van der Waals surface area contributed by atoms with Gasteiger partial charge in [0.05, 0.1) is 18.8 Å². The Morgan fingerprint density at radius 3 is 2.64 bits per heavy atom. The number of anilines is 2. The lowest BCUT2D eigenvalue weighted by molar-refractivity contribution is 0.184. The van der Waals surface area contributed by atoms with Crippen LogP contribution >= 0.6 is 0 Å². The maximum atomic E-state index is 12.6. The lowest BCUT2D eigenvalue weighted by Crippen LogP contribution is -2.13. The third-order valence-electron chi connectivity index (χ3n) is 4.35. The van der Waals surface area contributed by atoms with E-state index in [4.69, 9.17) is 9.15 Å². The molecular formula is C17H20N6O4S. The molecule has 0 radical (unpaired) electrons. The molecule has 10 nitrogen and oxygen atoms in total. The van der Waals surface area contributed by atoms with Gasteiger partial charge in [-0.2, -0.15) is 5.10 Å². The van der Waals surface area contributed by atoms with Crippen LogP contribution in [0.5, 0.6) is 0 Å². The number of aromatic nitrogens is 4. The Kier molecular flexibility index (Phi) is 4.77. The molecule has 4 rings (SSSR count). The van der Waals surface area contributed by atoms with E-state index in [9.17, 15) is 8.42 Å². The van der Waals surface area contributed by atoms with Crippen molar-refractivity contribution in [1.82, 2.24) is 20.0 Å². The van der Waals surface area contributed by atoms with Crippen molar-refractivity contribution in [1.29, 1.82) is 0 Å². The van der Waals surface area contributed by atoms with Crippen LogP contribution in [0.1, 0.15) is 12.5 Å². The van der Waals surface area contributed by atoms with Crippen LogP contribution in [0.4, 0.5) is 11.7 Å². The first-order chi connectivity index (χ1) is 13.4. The zero-order valence-corrected chi connectivity index (χ0v) is 16.3. The summed E-state index contributed by atoms with van der Waals surface area (Å²) in [7, 11) is -0.134. The van der Waals surface area contributed by atoms with Gasteiger partial charge >= 0.3 is 6.01 Å². The summed E-state index contributed by atoms with van der Waals surface area (Å²) in [5.74, 6) is 0.359. The standard InChI is InChI=1S/C17H20N6O4S/c1-22(2)17-20-19-16(27-17)12-3-5-13(6-4-12)21-28(24,25)15-9-18-23(10-15)14-7-8-26-11-14/h3-6,9-10,14,21H,7-8,11H2,1-2H3/t14-/m0/s1. The van der Waals surface area contributed by atoms with Crippen LogP contribution in [-0.4, -0.2) is 55.7 Å². The highest BCUT2D eigenvalue weighted by molar-refractivity contribution is 7.92. The molecule has 0 amide bonds. The molecule has 148 valence electrons. The summed E-state index contributed by atoms with van der Waals surface area (Å²) in [4.78, 5) is 1.81. The maximum Gasteiger partial charge on any atom is 0.317 e. The molecule has 11 heteroatoms. The zero-order valence-electron chi connectivity index (χ0n) is 15.4. The van der Waals surface area contributed by atoms with Crippen LogP contribution in [0, 0.1) is 0 Å². The minimum absolute atomic E-state index is 0.0738. The summed E-state index contributed by atoms with van der Waals surface area (Å²) in [6, 6.07) is 7.17.